The number of nitrogens with one attached hydrogen (secondary N) is 2. The summed E-state index contributed by atoms with van der Waals surface area (Å²) in [4.78, 5) is 28.1. The quantitative estimate of drug-likeness (QED) is 0.326. The van der Waals surface area contributed by atoms with E-state index in [-0.39, 0.29) is 6.10 Å². The number of amidine groups is 1. The Bertz CT molecular complexity index is 1330. The van der Waals surface area contributed by atoms with Gasteiger partial charge < -0.3 is 20.9 Å². The molecule has 1 fully saturated rings. The molecule has 0 atom stereocenters. The van der Waals surface area contributed by atoms with Crippen molar-refractivity contribution in [3.63, 3.8) is 0 Å². The van der Waals surface area contributed by atoms with Gasteiger partial charge in [0.15, 0.2) is 5.82 Å². The fourth-order valence-corrected chi connectivity index (χ4v) is 4.22. The first-order valence-corrected chi connectivity index (χ1v) is 11.8. The Morgan fingerprint density at radius 3 is 2.56 bits per heavy atom. The van der Waals surface area contributed by atoms with Crippen LogP contribution in [-0.2, 0) is 10.2 Å². The molecule has 2 heterocycles. The minimum Gasteiger partial charge on any atom is -0.481 e. The zero-order valence-corrected chi connectivity index (χ0v) is 20.9. The molecule has 0 radical (unpaired) electrons. The molecule has 0 saturated heterocycles. The number of hydrogen-bond acceptors (Lipinski definition) is 6. The first-order valence-electron chi connectivity index (χ1n) is 11.8. The summed E-state index contributed by atoms with van der Waals surface area (Å²) >= 11 is 0. The molecule has 0 amide bonds. The van der Waals surface area contributed by atoms with Crippen LogP contribution < -0.4 is 20.8 Å². The Labute approximate surface area is 210 Å². The lowest BCUT2D eigenvalue weighted by Crippen LogP contribution is -2.20. The second-order valence-corrected chi connectivity index (χ2v) is 9.08. The van der Waals surface area contributed by atoms with Gasteiger partial charge in [-0.3, -0.25) is 14.8 Å². The number of aliphatic carboxylic acids is 1. The summed E-state index contributed by atoms with van der Waals surface area (Å²) in [6, 6.07) is 9.74. The van der Waals surface area contributed by atoms with Gasteiger partial charge in [0.1, 0.15) is 5.84 Å². The van der Waals surface area contributed by atoms with E-state index in [0.29, 0.717) is 41.6 Å². The van der Waals surface area contributed by atoms with Gasteiger partial charge in [0.2, 0.25) is 12.4 Å². The maximum absolute atomic E-state index is 11.7. The summed E-state index contributed by atoms with van der Waals surface area (Å²) in [5, 5.41) is 12.8. The van der Waals surface area contributed by atoms with Crippen LogP contribution in [0, 0.1) is 6.92 Å². The number of benzene rings is 1. The number of carboxylic acid groups (broad SMARTS) is 1. The van der Waals surface area contributed by atoms with Gasteiger partial charge in [0, 0.05) is 25.0 Å². The van der Waals surface area contributed by atoms with Crippen molar-refractivity contribution in [1.29, 1.82) is 0 Å². The molecule has 0 unspecified atom stereocenters. The molecule has 0 spiro atoms. The van der Waals surface area contributed by atoms with Gasteiger partial charge >= 0.3 is 5.97 Å². The van der Waals surface area contributed by atoms with E-state index in [1.807, 2.05) is 51.1 Å². The number of H-pyrrole nitrogens is 1. The maximum atomic E-state index is 11.7. The van der Waals surface area contributed by atoms with E-state index in [1.54, 1.807) is 25.6 Å². The predicted molar refractivity (Wildman–Crippen MR) is 139 cm³/mol. The van der Waals surface area contributed by atoms with Crippen LogP contribution in [0.15, 0.2) is 60.1 Å². The number of aromatic nitrogens is 3. The molecule has 4 rings (SSSR count). The molecule has 1 aliphatic rings. The number of aromatic amines is 1. The van der Waals surface area contributed by atoms with Crippen molar-refractivity contribution in [1.82, 2.24) is 9.97 Å². The van der Waals surface area contributed by atoms with Crippen LogP contribution in [0.25, 0.3) is 16.7 Å². The molecule has 186 valence electrons. The smallest absolute Gasteiger partial charge is 0.314 e. The van der Waals surface area contributed by atoms with Crippen molar-refractivity contribution in [2.45, 2.75) is 45.1 Å². The van der Waals surface area contributed by atoms with Gasteiger partial charge in [-0.2, -0.15) is 4.98 Å². The summed E-state index contributed by atoms with van der Waals surface area (Å²) in [5.74, 6) is 0.738. The van der Waals surface area contributed by atoms with Crippen molar-refractivity contribution < 1.29 is 19.6 Å². The normalized spacial score (nSPS) is 15.0. The lowest BCUT2D eigenvalue weighted by molar-refractivity contribution is -0.379. The van der Waals surface area contributed by atoms with Gasteiger partial charge in [-0.15, -0.1) is 0 Å². The first-order chi connectivity index (χ1) is 17.3. The highest BCUT2D eigenvalue weighted by Gasteiger charge is 2.52. The third kappa shape index (κ3) is 5.05. The molecule has 1 aromatic carbocycles. The fraction of sp³-hybridized carbons (Fsp3) is 0.296. The van der Waals surface area contributed by atoms with Crippen molar-refractivity contribution in [2.24, 2.45) is 10.7 Å². The first kappa shape index (κ1) is 24.8. The number of carboxylic acids is 1. The Kier molecular flexibility index (Phi) is 7.00. The average molecular weight is 488 g/mol. The number of carbonyl (C=O) groups is 1. The number of nitrogens with zero attached hydrogens (tertiary/aromatic N) is 3. The van der Waals surface area contributed by atoms with E-state index in [0.717, 1.165) is 22.3 Å². The molecule has 3 aromatic rings. The number of rotatable bonds is 8. The van der Waals surface area contributed by atoms with E-state index in [9.17, 15) is 9.90 Å². The van der Waals surface area contributed by atoms with Crippen LogP contribution in [0.5, 0.6) is 5.88 Å². The number of aryl methyl sites for hydroxylation is 1. The Balaban J connectivity index is 1.54. The number of aliphatic imine (C=N–C) groups is 1. The highest BCUT2D eigenvalue weighted by atomic mass is 16.5. The molecule has 1 saturated carbocycles. The van der Waals surface area contributed by atoms with Crippen LogP contribution in [0.2, 0.25) is 0 Å². The number of nitrogens with two attached hydrogens (primary N) is 1. The molecule has 9 nitrogen and oxygen atoms in total. The molecule has 9 heteroatoms. The minimum absolute atomic E-state index is 0.00495. The van der Waals surface area contributed by atoms with Crippen LogP contribution in [0.1, 0.15) is 43.5 Å². The lowest BCUT2D eigenvalue weighted by atomic mass is 9.90. The Morgan fingerprint density at radius 2 is 2.00 bits per heavy atom. The molecular formula is C27H31N6O3+. The second-order valence-electron chi connectivity index (χ2n) is 9.08. The molecule has 5 N–H and O–H groups in total. The number of ether oxygens (including phenoxy) is 1. The van der Waals surface area contributed by atoms with E-state index in [2.05, 4.69) is 25.3 Å². The fourth-order valence-electron chi connectivity index (χ4n) is 4.22. The van der Waals surface area contributed by atoms with E-state index in [1.165, 1.54) is 6.20 Å². The molecule has 0 aliphatic heterocycles. The summed E-state index contributed by atoms with van der Waals surface area (Å²) in [5.41, 5.74) is 10.2. The predicted octanol–water partition coefficient (Wildman–Crippen LogP) is 3.61. The topological polar surface area (TPSA) is 137 Å². The second kappa shape index (κ2) is 10.2. The molecule has 2 aromatic heterocycles. The molecule has 1 aliphatic carbocycles. The van der Waals surface area contributed by atoms with Crippen molar-refractivity contribution >= 4 is 23.2 Å². The van der Waals surface area contributed by atoms with Gasteiger partial charge in [-0.05, 0) is 56.4 Å². The number of anilines is 1. The van der Waals surface area contributed by atoms with E-state index >= 15 is 0 Å². The van der Waals surface area contributed by atoms with E-state index < -0.39 is 11.4 Å². The number of pyridine rings is 1. The van der Waals surface area contributed by atoms with Gasteiger partial charge in [-0.1, -0.05) is 24.3 Å². The Morgan fingerprint density at radius 1 is 1.25 bits per heavy atom. The summed E-state index contributed by atoms with van der Waals surface area (Å²) in [6.07, 6.45) is 7.97. The Hall–Kier alpha value is -4.27. The lowest BCUT2D eigenvalue weighted by Gasteiger charge is -2.15. The zero-order chi connectivity index (χ0) is 25.9. The monoisotopic (exact) mass is 487 g/mol. The van der Waals surface area contributed by atoms with Crippen molar-refractivity contribution in [3.05, 3.63) is 71.9 Å². The van der Waals surface area contributed by atoms with Crippen LogP contribution in [-0.4, -0.2) is 40.0 Å². The largest absolute Gasteiger partial charge is 0.481 e. The van der Waals surface area contributed by atoms with Crippen LogP contribution in [0.4, 0.5) is 5.82 Å². The van der Waals surface area contributed by atoms with Crippen molar-refractivity contribution in [2.75, 3.05) is 12.4 Å². The molecule has 36 heavy (non-hydrogen) atoms. The SMILES string of the molecule is CN=C(Nc1c[nH+]cc(OC(C)C)n1)C(=CN)c1ccc(-c2ccc(C3(C(=O)O)CC3)c(C)c2)cn1. The van der Waals surface area contributed by atoms with Gasteiger partial charge in [0.25, 0.3) is 5.88 Å². The summed E-state index contributed by atoms with van der Waals surface area (Å²) in [6.45, 7) is 5.82. The third-order valence-electron chi connectivity index (χ3n) is 6.18. The van der Waals surface area contributed by atoms with Crippen LogP contribution in [0.3, 0.4) is 0 Å². The van der Waals surface area contributed by atoms with Gasteiger partial charge in [-0.25, -0.2) is 4.98 Å². The summed E-state index contributed by atoms with van der Waals surface area (Å²) < 4.78 is 5.64. The standard InChI is InChI=1S/C27H30N6O3/c1-16(2)36-24-15-30-14-23(32-24)33-25(29-4)20(12-28)22-8-6-19(13-31-22)18-5-7-21(17(3)11-18)27(9-10-27)26(34)35/h5-8,11-16H,9-10,28H2,1-4H3,(H,34,35)(H,29,32,33)/p+1. The minimum atomic E-state index is -0.750. The number of hydrogen-bond donors (Lipinski definition) is 3. The van der Waals surface area contributed by atoms with Crippen LogP contribution >= 0.6 is 0 Å². The summed E-state index contributed by atoms with van der Waals surface area (Å²) in [7, 11) is 1.66. The highest BCUT2D eigenvalue weighted by molar-refractivity contribution is 6.27. The third-order valence-corrected chi connectivity index (χ3v) is 6.18. The molecule has 0 bridgehead atoms. The zero-order valence-electron chi connectivity index (χ0n) is 20.9. The van der Waals surface area contributed by atoms with Gasteiger partial charge in [0.05, 0.1) is 22.8 Å². The van der Waals surface area contributed by atoms with Crippen molar-refractivity contribution in [3.8, 4) is 17.0 Å². The highest BCUT2D eigenvalue weighted by Crippen LogP contribution is 2.49. The average Bonchev–Trinajstić information content (AvgIpc) is 3.66. The maximum Gasteiger partial charge on any atom is 0.314 e. The van der Waals surface area contributed by atoms with E-state index in [4.69, 9.17) is 10.5 Å². The molecular weight excluding hydrogens is 456 g/mol.